The number of benzene rings is 2. The van der Waals surface area contributed by atoms with Gasteiger partial charge in [-0.15, -0.1) is 0 Å². The first-order valence-corrected chi connectivity index (χ1v) is 8.04. The Morgan fingerprint density at radius 3 is 1.59 bits per heavy atom. The molecule has 0 bridgehead atoms. The lowest BCUT2D eigenvalue weighted by Gasteiger charge is -2.47. The second-order valence-electron chi connectivity index (χ2n) is 7.06. The van der Waals surface area contributed by atoms with Crippen LogP contribution in [0.1, 0.15) is 38.3 Å². The molecule has 0 amide bonds. The molecular weight excluding hydrogens is 264 g/mol. The highest BCUT2D eigenvalue weighted by atomic mass is 14.5. The Morgan fingerprint density at radius 1 is 0.727 bits per heavy atom. The molecule has 0 spiro atoms. The van der Waals surface area contributed by atoms with Crippen LogP contribution in [-0.2, 0) is 5.41 Å². The molecule has 0 aromatic heterocycles. The highest BCUT2D eigenvalue weighted by molar-refractivity contribution is 5.53. The minimum absolute atomic E-state index is 0.0769. The fourth-order valence-electron chi connectivity index (χ4n) is 3.99. The Hall–Kier alpha value is -2.08. The third-order valence-electron chi connectivity index (χ3n) is 4.79. The maximum atomic E-state index is 2.35. The van der Waals surface area contributed by atoms with Gasteiger partial charge in [0.2, 0.25) is 0 Å². The van der Waals surface area contributed by atoms with Gasteiger partial charge in [0, 0.05) is 5.41 Å². The third kappa shape index (κ3) is 2.23. The van der Waals surface area contributed by atoms with Crippen LogP contribution in [0.5, 0.6) is 0 Å². The molecular formula is C22H24. The largest absolute Gasteiger partial charge is 0.0804 e. The van der Waals surface area contributed by atoms with Crippen molar-refractivity contribution in [2.24, 2.45) is 5.41 Å². The molecule has 0 saturated heterocycles. The molecule has 2 aromatic rings. The summed E-state index contributed by atoms with van der Waals surface area (Å²) in [4.78, 5) is 0. The fraction of sp³-hybridized carbons (Fsp3) is 0.273. The van der Waals surface area contributed by atoms with E-state index in [0.29, 0.717) is 0 Å². The summed E-state index contributed by atoms with van der Waals surface area (Å²) in [5.74, 6) is 0. The van der Waals surface area contributed by atoms with Gasteiger partial charge in [-0.3, -0.25) is 0 Å². The van der Waals surface area contributed by atoms with Crippen LogP contribution in [0.2, 0.25) is 0 Å². The number of hydrogen-bond acceptors (Lipinski definition) is 0. The van der Waals surface area contributed by atoms with E-state index in [-0.39, 0.29) is 10.8 Å². The van der Waals surface area contributed by atoms with Crippen molar-refractivity contribution in [3.8, 4) is 0 Å². The van der Waals surface area contributed by atoms with Gasteiger partial charge in [-0.2, -0.15) is 0 Å². The Labute approximate surface area is 134 Å². The fourth-order valence-corrected chi connectivity index (χ4v) is 3.99. The summed E-state index contributed by atoms with van der Waals surface area (Å²) in [6, 6.07) is 21.9. The minimum Gasteiger partial charge on any atom is -0.0804 e. The van der Waals surface area contributed by atoms with Crippen LogP contribution in [0, 0.1) is 5.41 Å². The van der Waals surface area contributed by atoms with Gasteiger partial charge >= 0.3 is 0 Å². The monoisotopic (exact) mass is 288 g/mol. The molecule has 0 atom stereocenters. The number of allylic oxidation sites excluding steroid dienone is 4. The first-order valence-electron chi connectivity index (χ1n) is 8.04. The molecule has 2 aromatic carbocycles. The molecule has 0 aliphatic heterocycles. The van der Waals surface area contributed by atoms with E-state index in [1.165, 1.54) is 16.7 Å². The van der Waals surface area contributed by atoms with E-state index in [9.17, 15) is 0 Å². The van der Waals surface area contributed by atoms with Crippen LogP contribution in [0.25, 0.3) is 0 Å². The summed E-state index contributed by atoms with van der Waals surface area (Å²) >= 11 is 0. The SMILES string of the molecule is CC(C)(C)C(C1=CC=CC1)(c1ccccc1)c1ccccc1. The van der Waals surface area contributed by atoms with Gasteiger partial charge in [-0.25, -0.2) is 0 Å². The quantitative estimate of drug-likeness (QED) is 0.659. The highest BCUT2D eigenvalue weighted by Gasteiger charge is 2.47. The van der Waals surface area contributed by atoms with Gasteiger partial charge in [0.05, 0.1) is 0 Å². The van der Waals surface area contributed by atoms with Crippen molar-refractivity contribution in [1.82, 2.24) is 0 Å². The zero-order chi connectivity index (χ0) is 15.6. The molecule has 0 radical (unpaired) electrons. The summed E-state index contributed by atoms with van der Waals surface area (Å²) in [6.45, 7) is 7.06. The Morgan fingerprint density at radius 2 is 1.23 bits per heavy atom. The zero-order valence-electron chi connectivity index (χ0n) is 13.7. The summed E-state index contributed by atoms with van der Waals surface area (Å²) in [7, 11) is 0. The average molecular weight is 288 g/mol. The van der Waals surface area contributed by atoms with Crippen molar-refractivity contribution in [3.05, 3.63) is 95.6 Å². The van der Waals surface area contributed by atoms with E-state index >= 15 is 0 Å². The van der Waals surface area contributed by atoms with Gasteiger partial charge < -0.3 is 0 Å². The first kappa shape index (κ1) is 14.8. The first-order chi connectivity index (χ1) is 10.6. The van der Waals surface area contributed by atoms with E-state index in [2.05, 4.69) is 99.7 Å². The van der Waals surface area contributed by atoms with Gasteiger partial charge in [0.1, 0.15) is 0 Å². The van der Waals surface area contributed by atoms with Crippen LogP contribution < -0.4 is 0 Å². The maximum Gasteiger partial charge on any atom is 0.0465 e. The Kier molecular flexibility index (Phi) is 3.78. The summed E-state index contributed by atoms with van der Waals surface area (Å²) in [5.41, 5.74) is 4.22. The van der Waals surface area contributed by atoms with Crippen LogP contribution in [0.4, 0.5) is 0 Å². The zero-order valence-corrected chi connectivity index (χ0v) is 13.7. The lowest BCUT2D eigenvalue weighted by atomic mass is 9.55. The van der Waals surface area contributed by atoms with Crippen molar-refractivity contribution in [3.63, 3.8) is 0 Å². The molecule has 0 N–H and O–H groups in total. The van der Waals surface area contributed by atoms with Gasteiger partial charge in [-0.1, -0.05) is 105 Å². The molecule has 112 valence electrons. The molecule has 3 rings (SSSR count). The van der Waals surface area contributed by atoms with E-state index < -0.39 is 0 Å². The van der Waals surface area contributed by atoms with Gasteiger partial charge in [-0.05, 0) is 23.0 Å². The predicted octanol–water partition coefficient (Wildman–Crippen LogP) is 5.91. The molecule has 0 fully saturated rings. The topological polar surface area (TPSA) is 0 Å². The van der Waals surface area contributed by atoms with Gasteiger partial charge in [0.25, 0.3) is 0 Å². The van der Waals surface area contributed by atoms with Crippen LogP contribution in [0.3, 0.4) is 0 Å². The second kappa shape index (κ2) is 5.61. The van der Waals surface area contributed by atoms with Crippen LogP contribution in [0.15, 0.2) is 84.5 Å². The van der Waals surface area contributed by atoms with E-state index in [1.54, 1.807) is 0 Å². The Bertz CT molecular complexity index is 642. The standard InChI is InChI=1S/C22H24/c1-21(2,3)22(20-16-10-11-17-20,18-12-6-4-7-13-18)19-14-8-5-9-15-19/h4-16H,17H2,1-3H3. The van der Waals surface area contributed by atoms with E-state index in [4.69, 9.17) is 0 Å². The third-order valence-corrected chi connectivity index (χ3v) is 4.79. The highest BCUT2D eigenvalue weighted by Crippen LogP contribution is 2.53. The van der Waals surface area contributed by atoms with Crippen molar-refractivity contribution in [2.75, 3.05) is 0 Å². The van der Waals surface area contributed by atoms with E-state index in [1.807, 2.05) is 0 Å². The minimum atomic E-state index is -0.0982. The molecule has 22 heavy (non-hydrogen) atoms. The van der Waals surface area contributed by atoms with Crippen molar-refractivity contribution < 1.29 is 0 Å². The normalized spacial score (nSPS) is 15.0. The Balaban J connectivity index is 2.34. The second-order valence-corrected chi connectivity index (χ2v) is 7.06. The summed E-state index contributed by atoms with van der Waals surface area (Å²) < 4.78 is 0. The van der Waals surface area contributed by atoms with Crippen LogP contribution >= 0.6 is 0 Å². The number of rotatable bonds is 3. The molecule has 0 nitrogen and oxygen atoms in total. The lowest BCUT2D eigenvalue weighted by Crippen LogP contribution is -2.42. The molecule has 1 aliphatic rings. The molecule has 0 saturated carbocycles. The van der Waals surface area contributed by atoms with Gasteiger partial charge in [0.15, 0.2) is 0 Å². The molecule has 1 aliphatic carbocycles. The summed E-state index contributed by atoms with van der Waals surface area (Å²) in [5, 5.41) is 0. The smallest absolute Gasteiger partial charge is 0.0465 e. The maximum absolute atomic E-state index is 2.35. The lowest BCUT2D eigenvalue weighted by molar-refractivity contribution is 0.265. The molecule has 0 unspecified atom stereocenters. The predicted molar refractivity (Wildman–Crippen MR) is 95.0 cm³/mol. The molecule has 0 heteroatoms. The van der Waals surface area contributed by atoms with Crippen molar-refractivity contribution in [1.29, 1.82) is 0 Å². The van der Waals surface area contributed by atoms with E-state index in [0.717, 1.165) is 6.42 Å². The average Bonchev–Trinajstić information content (AvgIpc) is 3.03. The number of hydrogen-bond donors (Lipinski definition) is 0. The molecule has 0 heterocycles. The van der Waals surface area contributed by atoms with Crippen molar-refractivity contribution >= 4 is 0 Å². The van der Waals surface area contributed by atoms with Crippen LogP contribution in [-0.4, -0.2) is 0 Å². The summed E-state index contributed by atoms with van der Waals surface area (Å²) in [6.07, 6.45) is 7.80. The van der Waals surface area contributed by atoms with Crippen molar-refractivity contribution in [2.45, 2.75) is 32.6 Å².